The van der Waals surface area contributed by atoms with Gasteiger partial charge in [0.15, 0.2) is 0 Å². The summed E-state index contributed by atoms with van der Waals surface area (Å²) in [4.78, 5) is 30.1. The molecule has 2 aromatic heterocycles. The van der Waals surface area contributed by atoms with E-state index in [4.69, 9.17) is 23.8 Å². The molecule has 1 aromatic carbocycles. The van der Waals surface area contributed by atoms with Crippen LogP contribution in [0.2, 0.25) is 5.02 Å². The zero-order valence-corrected chi connectivity index (χ0v) is 14.2. The Morgan fingerprint density at radius 1 is 1.30 bits per heavy atom. The quantitative estimate of drug-likeness (QED) is 0.559. The second-order valence-corrected chi connectivity index (χ2v) is 6.86. The van der Waals surface area contributed by atoms with Crippen molar-refractivity contribution in [1.29, 1.82) is 0 Å². The molecule has 116 valence electrons. The van der Waals surface area contributed by atoms with Gasteiger partial charge in [0.05, 0.1) is 11.1 Å². The highest BCUT2D eigenvalue weighted by Gasteiger charge is 2.09. The molecule has 0 radical (unpaired) electrons. The van der Waals surface area contributed by atoms with Gasteiger partial charge in [-0.3, -0.25) is 4.79 Å². The number of halogens is 1. The van der Waals surface area contributed by atoms with Crippen LogP contribution in [0.15, 0.2) is 35.1 Å². The lowest BCUT2D eigenvalue weighted by atomic mass is 10.2. The maximum absolute atomic E-state index is 12.2. The predicted octanol–water partition coefficient (Wildman–Crippen LogP) is 4.17. The van der Waals surface area contributed by atoms with Crippen molar-refractivity contribution in [3.8, 4) is 10.7 Å². The number of hydrogen-bond donors (Lipinski definition) is 1. The first-order valence-corrected chi connectivity index (χ1v) is 8.45. The second-order valence-electron chi connectivity index (χ2n) is 4.92. The number of rotatable bonds is 4. The first kappa shape index (κ1) is 16.0. The predicted molar refractivity (Wildman–Crippen MR) is 95.9 cm³/mol. The third-order valence-corrected chi connectivity index (χ3v) is 4.78. The fraction of sp³-hybridized carbons (Fsp3) is 0.125. The number of aromatic amines is 1. The average Bonchev–Trinajstić information content (AvgIpc) is 2.52. The molecule has 0 atom stereocenters. The Morgan fingerprint density at radius 2 is 2.13 bits per heavy atom. The van der Waals surface area contributed by atoms with Gasteiger partial charge in [0.2, 0.25) is 0 Å². The lowest BCUT2D eigenvalue weighted by Crippen LogP contribution is -2.06. The zero-order valence-electron chi connectivity index (χ0n) is 11.8. The van der Waals surface area contributed by atoms with Gasteiger partial charge in [-0.1, -0.05) is 23.8 Å². The molecule has 23 heavy (non-hydrogen) atoms. The van der Waals surface area contributed by atoms with E-state index in [1.54, 1.807) is 24.3 Å². The van der Waals surface area contributed by atoms with Gasteiger partial charge in [0.25, 0.3) is 5.56 Å². The van der Waals surface area contributed by atoms with Gasteiger partial charge >= 0.3 is 0 Å². The first-order valence-electron chi connectivity index (χ1n) is 6.84. The number of aryl methyl sites for hydroxylation is 1. The number of carbonyl (C=O) groups is 1. The van der Waals surface area contributed by atoms with Crippen LogP contribution in [0.1, 0.15) is 12.1 Å². The van der Waals surface area contributed by atoms with Crippen LogP contribution in [0.4, 0.5) is 0 Å². The van der Waals surface area contributed by atoms with Crippen molar-refractivity contribution in [1.82, 2.24) is 9.97 Å². The average molecular weight is 363 g/mol. The molecule has 3 aromatic rings. The Hall–Kier alpha value is -1.89. The van der Waals surface area contributed by atoms with E-state index in [-0.39, 0.29) is 5.56 Å². The summed E-state index contributed by atoms with van der Waals surface area (Å²) in [6.07, 6.45) is 1.83. The van der Waals surface area contributed by atoms with Gasteiger partial charge in [-0.25, -0.2) is 0 Å². The van der Waals surface area contributed by atoms with Gasteiger partial charge in [-0.2, -0.15) is 4.98 Å². The number of pyridine rings is 1. The van der Waals surface area contributed by atoms with Crippen LogP contribution < -0.4 is 5.56 Å². The summed E-state index contributed by atoms with van der Waals surface area (Å²) in [6.45, 7) is 0. The van der Waals surface area contributed by atoms with Crippen molar-refractivity contribution in [2.24, 2.45) is 0 Å². The molecular formula is C16H11ClN2O2S2. The van der Waals surface area contributed by atoms with Gasteiger partial charge in [-0.05, 0) is 36.8 Å². The molecule has 0 amide bonds. The van der Waals surface area contributed by atoms with Crippen LogP contribution >= 0.6 is 35.2 Å². The summed E-state index contributed by atoms with van der Waals surface area (Å²) in [6, 6.07) is 8.67. The molecule has 1 N–H and O–H groups in total. The normalized spacial score (nSPS) is 10.8. The van der Waals surface area contributed by atoms with E-state index in [9.17, 15) is 9.59 Å². The van der Waals surface area contributed by atoms with E-state index in [2.05, 4.69) is 9.97 Å². The van der Waals surface area contributed by atoms with Gasteiger partial charge in [0, 0.05) is 26.3 Å². The largest absolute Gasteiger partial charge is 0.356 e. The van der Waals surface area contributed by atoms with Crippen molar-refractivity contribution >= 4 is 51.5 Å². The fourth-order valence-corrected chi connectivity index (χ4v) is 3.72. The Labute approximate surface area is 145 Å². The number of benzene rings is 1. The third-order valence-electron chi connectivity index (χ3n) is 3.24. The molecule has 7 heteroatoms. The molecule has 0 saturated carbocycles. The Morgan fingerprint density at radius 3 is 2.91 bits per heavy atom. The van der Waals surface area contributed by atoms with Crippen molar-refractivity contribution in [3.63, 3.8) is 0 Å². The van der Waals surface area contributed by atoms with Crippen LogP contribution in [0, 0.1) is 4.51 Å². The molecule has 0 aliphatic heterocycles. The minimum atomic E-state index is -0.303. The molecule has 0 bridgehead atoms. The van der Waals surface area contributed by atoms with Crippen LogP contribution in [-0.2, 0) is 11.2 Å². The van der Waals surface area contributed by atoms with Gasteiger partial charge < -0.3 is 9.78 Å². The summed E-state index contributed by atoms with van der Waals surface area (Å²) in [7, 11) is 0. The number of nitrogens with zero attached hydrogens (tertiary/aromatic N) is 1. The molecule has 2 heterocycles. The highest BCUT2D eigenvalue weighted by molar-refractivity contribution is 7.71. The zero-order chi connectivity index (χ0) is 16.4. The van der Waals surface area contributed by atoms with Crippen LogP contribution in [0.5, 0.6) is 0 Å². The van der Waals surface area contributed by atoms with E-state index in [1.807, 2.05) is 6.07 Å². The second kappa shape index (κ2) is 6.70. The van der Waals surface area contributed by atoms with Crippen LogP contribution in [-0.4, -0.2) is 16.3 Å². The van der Waals surface area contributed by atoms with Gasteiger partial charge in [0.1, 0.15) is 11.3 Å². The van der Waals surface area contributed by atoms with E-state index in [1.165, 1.54) is 11.3 Å². The number of aldehydes is 1. The van der Waals surface area contributed by atoms with Crippen molar-refractivity contribution in [2.45, 2.75) is 12.8 Å². The summed E-state index contributed by atoms with van der Waals surface area (Å²) in [5.41, 5.74) is 1.21. The lowest BCUT2D eigenvalue weighted by Gasteiger charge is -2.06. The molecule has 0 aliphatic carbocycles. The smallest absolute Gasteiger partial charge is 0.279 e. The number of nitrogens with one attached hydrogen (secondary N) is 1. The standard InChI is InChI=1S/C16H11ClN2O2S2/c17-9-3-4-12-14(6-9)23-16(19-15(12)21)13-8-11(22)7-10(18-13)2-1-5-20/h3-8H,1-2H2,(H,18,22). The molecule has 4 nitrogen and oxygen atoms in total. The molecule has 0 aliphatic rings. The van der Waals surface area contributed by atoms with Crippen LogP contribution in [0.3, 0.4) is 0 Å². The fourth-order valence-electron chi connectivity index (χ4n) is 2.22. The number of carbonyl (C=O) groups excluding carboxylic acids is 1. The van der Waals surface area contributed by atoms with E-state index in [0.717, 1.165) is 16.7 Å². The molecule has 0 spiro atoms. The maximum atomic E-state index is 12.2. The van der Waals surface area contributed by atoms with E-state index >= 15 is 0 Å². The van der Waals surface area contributed by atoms with E-state index < -0.39 is 0 Å². The Kier molecular flexibility index (Phi) is 4.66. The number of H-pyrrole nitrogens is 1. The Bertz CT molecular complexity index is 1010. The third kappa shape index (κ3) is 3.55. The van der Waals surface area contributed by atoms with Crippen LogP contribution in [0.25, 0.3) is 20.8 Å². The number of hydrogen-bond acceptors (Lipinski definition) is 5. The molecule has 0 unspecified atom stereocenters. The molecule has 3 rings (SSSR count). The molecule has 0 saturated heterocycles. The summed E-state index contributed by atoms with van der Waals surface area (Å²) in [5, 5.41) is 1.65. The summed E-state index contributed by atoms with van der Waals surface area (Å²) in [5.74, 6) is 0. The SMILES string of the molecule is O=CCCc1cc(=S)cc(-c2nc(=O)c3ccc(Cl)cc3s2)[nH]1. The number of aromatic nitrogens is 2. The summed E-state index contributed by atoms with van der Waals surface area (Å²) < 4.78 is 1.40. The minimum Gasteiger partial charge on any atom is -0.356 e. The van der Waals surface area contributed by atoms with Crippen molar-refractivity contribution < 1.29 is 4.79 Å². The Balaban J connectivity index is 2.16. The topological polar surface area (TPSA) is 62.8 Å². The monoisotopic (exact) mass is 362 g/mol. The van der Waals surface area contributed by atoms with E-state index in [0.29, 0.717) is 38.5 Å². The minimum absolute atomic E-state index is 0.303. The maximum Gasteiger partial charge on any atom is 0.279 e. The highest BCUT2D eigenvalue weighted by Crippen LogP contribution is 2.27. The molecule has 0 fully saturated rings. The highest BCUT2D eigenvalue weighted by atomic mass is 35.5. The lowest BCUT2D eigenvalue weighted by molar-refractivity contribution is -0.107. The van der Waals surface area contributed by atoms with Crippen molar-refractivity contribution in [3.05, 3.63) is 55.9 Å². The van der Waals surface area contributed by atoms with Crippen molar-refractivity contribution in [2.75, 3.05) is 0 Å². The summed E-state index contributed by atoms with van der Waals surface area (Å²) >= 11 is 12.6. The number of fused-ring (bicyclic) bond motifs is 1. The van der Waals surface area contributed by atoms with Gasteiger partial charge in [-0.15, -0.1) is 11.3 Å². The molecular weight excluding hydrogens is 352 g/mol. The first-order chi connectivity index (χ1) is 11.1.